The molecule has 2 atom stereocenters. The lowest BCUT2D eigenvalue weighted by Gasteiger charge is -2.37. The van der Waals surface area contributed by atoms with Crippen molar-refractivity contribution in [2.24, 2.45) is 5.10 Å². The Morgan fingerprint density at radius 3 is 2.43 bits per heavy atom. The van der Waals surface area contributed by atoms with Crippen LogP contribution in [0.5, 0.6) is 5.75 Å². The summed E-state index contributed by atoms with van der Waals surface area (Å²) in [6.07, 6.45) is -0.208. The highest BCUT2D eigenvalue weighted by atomic mass is 79.9. The Bertz CT molecular complexity index is 1160. The van der Waals surface area contributed by atoms with Gasteiger partial charge in [0.25, 0.3) is 6.23 Å². The van der Waals surface area contributed by atoms with Crippen molar-refractivity contribution in [3.05, 3.63) is 97.9 Å². The van der Waals surface area contributed by atoms with Crippen LogP contribution in [-0.4, -0.2) is 22.7 Å². The zero-order valence-electron chi connectivity index (χ0n) is 15.6. The third kappa shape index (κ3) is 3.51. The van der Waals surface area contributed by atoms with E-state index < -0.39 is 6.23 Å². The van der Waals surface area contributed by atoms with Crippen molar-refractivity contribution in [2.75, 3.05) is 0 Å². The predicted molar refractivity (Wildman–Crippen MR) is 122 cm³/mol. The zero-order chi connectivity index (χ0) is 20.8. The highest BCUT2D eigenvalue weighted by molar-refractivity contribution is 9.10. The molecule has 0 N–H and O–H groups in total. The summed E-state index contributed by atoms with van der Waals surface area (Å²) in [5.74, 6) is 0.485. The molecule has 0 spiro atoms. The minimum absolute atomic E-state index is 0.132. The molecular formula is C23H15BrCl2N2O2. The fourth-order valence-electron chi connectivity index (χ4n) is 3.80. The van der Waals surface area contributed by atoms with E-state index in [2.05, 4.69) is 15.9 Å². The predicted octanol–water partition coefficient (Wildman–Crippen LogP) is 6.51. The number of fused-ring (bicyclic) bond motifs is 3. The molecule has 0 saturated heterocycles. The lowest BCUT2D eigenvalue weighted by Crippen LogP contribution is -2.45. The van der Waals surface area contributed by atoms with Crippen LogP contribution in [0, 0.1) is 0 Å². The summed E-state index contributed by atoms with van der Waals surface area (Å²) >= 11 is 15.7. The second-order valence-electron chi connectivity index (χ2n) is 7.18. The first-order chi connectivity index (χ1) is 14.5. The van der Waals surface area contributed by atoms with E-state index in [1.165, 1.54) is 0 Å². The van der Waals surface area contributed by atoms with Crippen molar-refractivity contribution in [3.63, 3.8) is 0 Å². The first-order valence-electron chi connectivity index (χ1n) is 9.37. The first kappa shape index (κ1) is 19.6. The van der Waals surface area contributed by atoms with Gasteiger partial charge in [-0.05, 0) is 60.2 Å². The average Bonchev–Trinajstić information content (AvgIpc) is 3.19. The molecule has 2 heterocycles. The van der Waals surface area contributed by atoms with Crippen LogP contribution in [0.15, 0.2) is 76.3 Å². The van der Waals surface area contributed by atoms with Gasteiger partial charge in [0, 0.05) is 32.1 Å². The van der Waals surface area contributed by atoms with Gasteiger partial charge in [-0.15, -0.1) is 0 Å². The summed E-state index contributed by atoms with van der Waals surface area (Å²) in [6, 6.07) is 20.1. The quantitative estimate of drug-likeness (QED) is 0.384. The molecule has 0 unspecified atom stereocenters. The number of nitrogens with zero attached hydrogens (tertiary/aromatic N) is 2. The van der Waals surface area contributed by atoms with Crippen LogP contribution in [0.2, 0.25) is 10.0 Å². The van der Waals surface area contributed by atoms with E-state index in [0.717, 1.165) is 21.3 Å². The number of Topliss-reactive ketones (excluding diaryl/α,β-unsaturated/α-hetero) is 1. The Labute approximate surface area is 192 Å². The Morgan fingerprint density at radius 1 is 1.00 bits per heavy atom. The van der Waals surface area contributed by atoms with Crippen LogP contribution in [-0.2, 0) is 0 Å². The molecule has 0 amide bonds. The molecule has 2 aliphatic heterocycles. The smallest absolute Gasteiger partial charge is 0.251 e. The normalized spacial score (nSPS) is 19.6. The SMILES string of the molecule is O=C(c1ccc(Cl)cc1)[C@@H]1Oc2ccc(Cl)cc2[C@@H]2CC(c3ccc(Br)cc3)=NN12. The lowest BCUT2D eigenvalue weighted by molar-refractivity contribution is -0.00455. The molecule has 0 radical (unpaired) electrons. The molecule has 3 aromatic carbocycles. The van der Waals surface area contributed by atoms with E-state index in [1.54, 1.807) is 35.3 Å². The van der Waals surface area contributed by atoms with Gasteiger partial charge in [-0.2, -0.15) is 5.10 Å². The van der Waals surface area contributed by atoms with Crippen molar-refractivity contribution >= 4 is 50.6 Å². The van der Waals surface area contributed by atoms with E-state index in [0.29, 0.717) is 27.8 Å². The van der Waals surface area contributed by atoms with Crippen molar-refractivity contribution < 1.29 is 9.53 Å². The number of hydrogen-bond donors (Lipinski definition) is 0. The molecule has 30 heavy (non-hydrogen) atoms. The van der Waals surface area contributed by atoms with Crippen molar-refractivity contribution in [1.82, 2.24) is 5.01 Å². The molecule has 0 aromatic heterocycles. The number of hydrazone groups is 1. The van der Waals surface area contributed by atoms with Crippen LogP contribution in [0.3, 0.4) is 0 Å². The Balaban J connectivity index is 1.57. The average molecular weight is 502 g/mol. The second kappa shape index (κ2) is 7.73. The van der Waals surface area contributed by atoms with E-state index in [4.69, 9.17) is 33.0 Å². The third-order valence-electron chi connectivity index (χ3n) is 5.28. The molecule has 7 heteroatoms. The number of carbonyl (C=O) groups is 1. The summed E-state index contributed by atoms with van der Waals surface area (Å²) in [6.45, 7) is 0. The highest BCUT2D eigenvalue weighted by Crippen LogP contribution is 2.44. The van der Waals surface area contributed by atoms with Gasteiger partial charge in [0.1, 0.15) is 5.75 Å². The van der Waals surface area contributed by atoms with Crippen LogP contribution in [0.25, 0.3) is 0 Å². The Kier molecular flexibility index (Phi) is 5.05. The van der Waals surface area contributed by atoms with Gasteiger partial charge in [-0.25, -0.2) is 5.01 Å². The van der Waals surface area contributed by atoms with Gasteiger partial charge < -0.3 is 4.74 Å². The maximum atomic E-state index is 13.3. The van der Waals surface area contributed by atoms with Gasteiger partial charge in [0.05, 0.1) is 11.8 Å². The minimum atomic E-state index is -0.863. The summed E-state index contributed by atoms with van der Waals surface area (Å²) in [5, 5.41) is 7.76. The molecule has 0 bridgehead atoms. The molecular weight excluding hydrogens is 487 g/mol. The Hall–Kier alpha value is -2.34. The lowest BCUT2D eigenvalue weighted by atomic mass is 9.96. The van der Waals surface area contributed by atoms with E-state index in [9.17, 15) is 4.79 Å². The maximum Gasteiger partial charge on any atom is 0.251 e. The van der Waals surface area contributed by atoms with Crippen LogP contribution >= 0.6 is 39.1 Å². The summed E-state index contributed by atoms with van der Waals surface area (Å²) < 4.78 is 7.12. The third-order valence-corrected chi connectivity index (χ3v) is 6.30. The van der Waals surface area contributed by atoms with E-state index in [1.807, 2.05) is 36.4 Å². The van der Waals surface area contributed by atoms with Gasteiger partial charge >= 0.3 is 0 Å². The molecule has 5 rings (SSSR count). The van der Waals surface area contributed by atoms with Gasteiger partial charge in [-0.3, -0.25) is 4.79 Å². The number of carbonyl (C=O) groups excluding carboxylic acids is 1. The standard InChI is InChI=1S/C23H15BrCl2N2O2/c24-15-5-1-13(2-6-15)19-12-20-18-11-17(26)9-10-21(18)30-23(28(20)27-19)22(29)14-3-7-16(25)8-4-14/h1-11,20,23H,12H2/t20-,23-/m0/s1. The number of ether oxygens (including phenoxy) is 1. The van der Waals surface area contributed by atoms with Gasteiger partial charge in [-0.1, -0.05) is 51.3 Å². The minimum Gasteiger partial charge on any atom is -0.461 e. The van der Waals surface area contributed by atoms with Crippen molar-refractivity contribution in [1.29, 1.82) is 0 Å². The number of hydrogen-bond acceptors (Lipinski definition) is 4. The zero-order valence-corrected chi connectivity index (χ0v) is 18.7. The van der Waals surface area contributed by atoms with E-state index >= 15 is 0 Å². The highest BCUT2D eigenvalue weighted by Gasteiger charge is 2.43. The van der Waals surface area contributed by atoms with Gasteiger partial charge in [0.2, 0.25) is 5.78 Å². The molecule has 4 nitrogen and oxygen atoms in total. The van der Waals surface area contributed by atoms with Crippen molar-refractivity contribution in [2.45, 2.75) is 18.7 Å². The van der Waals surface area contributed by atoms with E-state index in [-0.39, 0.29) is 11.8 Å². The molecule has 150 valence electrons. The van der Waals surface area contributed by atoms with Crippen LogP contribution in [0.1, 0.15) is 33.9 Å². The monoisotopic (exact) mass is 500 g/mol. The summed E-state index contributed by atoms with van der Waals surface area (Å²) in [4.78, 5) is 13.3. The fraction of sp³-hybridized carbons (Fsp3) is 0.130. The van der Waals surface area contributed by atoms with Crippen molar-refractivity contribution in [3.8, 4) is 5.75 Å². The molecule has 0 saturated carbocycles. The van der Waals surface area contributed by atoms with Crippen LogP contribution in [0.4, 0.5) is 0 Å². The number of benzene rings is 3. The maximum absolute atomic E-state index is 13.3. The number of halogens is 3. The molecule has 0 aliphatic carbocycles. The van der Waals surface area contributed by atoms with Crippen LogP contribution < -0.4 is 4.74 Å². The van der Waals surface area contributed by atoms with Gasteiger partial charge in [0.15, 0.2) is 0 Å². The number of rotatable bonds is 3. The largest absolute Gasteiger partial charge is 0.461 e. The first-order valence-corrected chi connectivity index (χ1v) is 10.9. The summed E-state index contributed by atoms with van der Waals surface area (Å²) in [7, 11) is 0. The Morgan fingerprint density at radius 2 is 1.70 bits per heavy atom. The molecule has 2 aliphatic rings. The second-order valence-corrected chi connectivity index (χ2v) is 8.97. The number of ketones is 1. The topological polar surface area (TPSA) is 41.9 Å². The molecule has 3 aromatic rings. The summed E-state index contributed by atoms with van der Waals surface area (Å²) in [5.41, 5.74) is 3.36. The fourth-order valence-corrected chi connectivity index (χ4v) is 4.38. The molecule has 0 fully saturated rings.